The van der Waals surface area contributed by atoms with E-state index < -0.39 is 0 Å². The summed E-state index contributed by atoms with van der Waals surface area (Å²) in [5.74, 6) is 0.488. The molecule has 0 aliphatic rings. The van der Waals surface area contributed by atoms with Gasteiger partial charge >= 0.3 is 0 Å². The first-order valence-electron chi connectivity index (χ1n) is 8.29. The summed E-state index contributed by atoms with van der Waals surface area (Å²) in [5, 5.41) is 11.6. The normalized spacial score (nSPS) is 11.6. The Morgan fingerprint density at radius 2 is 1.92 bits per heavy atom. The minimum Gasteiger partial charge on any atom is -0.309 e. The predicted octanol–water partition coefficient (Wildman–Crippen LogP) is 4.41. The number of halogens is 2. The molecule has 0 fully saturated rings. The summed E-state index contributed by atoms with van der Waals surface area (Å²) in [6.45, 7) is 9.33. The Kier molecular flexibility index (Phi) is 6.49. The largest absolute Gasteiger partial charge is 0.309 e. The number of nitrogens with zero attached hydrogens (tertiary/aromatic N) is 2. The van der Waals surface area contributed by atoms with E-state index in [2.05, 4.69) is 43.4 Å². The van der Waals surface area contributed by atoms with Crippen molar-refractivity contribution in [3.63, 3.8) is 0 Å². The molecule has 1 heterocycles. The van der Waals surface area contributed by atoms with Crippen molar-refractivity contribution >= 4 is 34.9 Å². The number of nitrogens with one attached hydrogen (secondary N) is 2. The fourth-order valence-electron chi connectivity index (χ4n) is 2.22. The molecule has 5 nitrogen and oxygen atoms in total. The van der Waals surface area contributed by atoms with Crippen LogP contribution in [0.1, 0.15) is 39.8 Å². The number of benzene rings is 1. The van der Waals surface area contributed by atoms with Crippen molar-refractivity contribution in [2.24, 2.45) is 0 Å². The minimum absolute atomic E-state index is 0.116. The number of amides is 1. The number of rotatable bonds is 6. The number of carbonyl (C=O) groups excluding carboxylic acids is 1. The highest BCUT2D eigenvalue weighted by Crippen LogP contribution is 2.29. The Labute approximate surface area is 158 Å². The van der Waals surface area contributed by atoms with Crippen LogP contribution in [0.2, 0.25) is 10.0 Å². The van der Waals surface area contributed by atoms with E-state index in [9.17, 15) is 4.79 Å². The van der Waals surface area contributed by atoms with Crippen LogP contribution in [0.4, 0.5) is 5.82 Å². The Balaban J connectivity index is 2.35. The highest BCUT2D eigenvalue weighted by Gasteiger charge is 2.21. The van der Waals surface area contributed by atoms with Crippen LogP contribution in [0, 0.1) is 0 Å². The van der Waals surface area contributed by atoms with Gasteiger partial charge in [0, 0.05) is 11.5 Å². The van der Waals surface area contributed by atoms with Crippen molar-refractivity contribution in [2.45, 2.75) is 39.5 Å². The third-order valence-corrected chi connectivity index (χ3v) is 4.34. The van der Waals surface area contributed by atoms with Gasteiger partial charge in [-0.25, -0.2) is 4.68 Å². The van der Waals surface area contributed by atoms with Gasteiger partial charge < -0.3 is 10.6 Å². The van der Waals surface area contributed by atoms with Gasteiger partial charge in [0.15, 0.2) is 0 Å². The molecule has 7 heteroatoms. The second kappa shape index (κ2) is 8.21. The van der Waals surface area contributed by atoms with E-state index in [1.807, 2.05) is 12.1 Å². The molecule has 0 aliphatic carbocycles. The van der Waals surface area contributed by atoms with Gasteiger partial charge in [-0.2, -0.15) is 5.10 Å². The lowest BCUT2D eigenvalue weighted by atomic mass is 9.92. The van der Waals surface area contributed by atoms with Gasteiger partial charge in [0.05, 0.1) is 28.0 Å². The van der Waals surface area contributed by atoms with Crippen molar-refractivity contribution < 1.29 is 4.79 Å². The summed E-state index contributed by atoms with van der Waals surface area (Å²) < 4.78 is 1.68. The first kappa shape index (κ1) is 19.8. The lowest BCUT2D eigenvalue weighted by Gasteiger charge is -2.14. The fourth-order valence-corrected chi connectivity index (χ4v) is 2.51. The van der Waals surface area contributed by atoms with Crippen LogP contribution in [0.3, 0.4) is 0 Å². The molecule has 0 radical (unpaired) electrons. The summed E-state index contributed by atoms with van der Waals surface area (Å²) in [6.07, 6.45) is 0.975. The van der Waals surface area contributed by atoms with Crippen molar-refractivity contribution in [3.05, 3.63) is 40.0 Å². The van der Waals surface area contributed by atoms with Crippen molar-refractivity contribution in [1.82, 2.24) is 15.1 Å². The molecule has 2 N–H and O–H groups in total. The first-order chi connectivity index (χ1) is 11.7. The summed E-state index contributed by atoms with van der Waals surface area (Å²) in [6, 6.07) is 7.15. The van der Waals surface area contributed by atoms with Crippen LogP contribution in [0.25, 0.3) is 5.69 Å². The topological polar surface area (TPSA) is 59.0 Å². The van der Waals surface area contributed by atoms with Crippen LogP contribution in [-0.4, -0.2) is 28.8 Å². The molecule has 1 aromatic carbocycles. The van der Waals surface area contributed by atoms with Gasteiger partial charge in [0.25, 0.3) is 0 Å². The molecule has 2 rings (SSSR count). The average Bonchev–Trinajstić information content (AvgIpc) is 2.94. The number of aromatic nitrogens is 2. The van der Waals surface area contributed by atoms with Crippen LogP contribution >= 0.6 is 23.2 Å². The zero-order valence-corrected chi connectivity index (χ0v) is 16.5. The maximum Gasteiger partial charge on any atom is 0.239 e. The molecule has 0 spiro atoms. The maximum absolute atomic E-state index is 12.2. The molecule has 0 saturated carbocycles. The lowest BCUT2D eigenvalue weighted by Crippen LogP contribution is -2.29. The highest BCUT2D eigenvalue weighted by molar-refractivity contribution is 6.42. The van der Waals surface area contributed by atoms with Gasteiger partial charge in [-0.05, 0) is 31.2 Å². The molecule has 2 aromatic rings. The maximum atomic E-state index is 12.2. The minimum atomic E-state index is -0.151. The van der Waals surface area contributed by atoms with Crippen molar-refractivity contribution in [3.8, 4) is 5.69 Å². The van der Waals surface area contributed by atoms with Gasteiger partial charge in [0.1, 0.15) is 5.82 Å². The quantitative estimate of drug-likeness (QED) is 0.727. The third kappa shape index (κ3) is 5.21. The number of carbonyl (C=O) groups is 1. The molecular weight excluding hydrogens is 359 g/mol. The zero-order valence-electron chi connectivity index (χ0n) is 15.0. The number of anilines is 1. The Hall–Kier alpha value is -1.56. The summed E-state index contributed by atoms with van der Waals surface area (Å²) in [7, 11) is 0. The monoisotopic (exact) mass is 382 g/mol. The van der Waals surface area contributed by atoms with Gasteiger partial charge in [-0.1, -0.05) is 50.9 Å². The molecule has 25 heavy (non-hydrogen) atoms. The second-order valence-corrected chi connectivity index (χ2v) is 7.71. The van der Waals surface area contributed by atoms with Gasteiger partial charge in [0.2, 0.25) is 5.91 Å². The Morgan fingerprint density at radius 3 is 2.52 bits per heavy atom. The lowest BCUT2D eigenvalue weighted by molar-refractivity contribution is -0.115. The smallest absolute Gasteiger partial charge is 0.239 e. The molecule has 0 bridgehead atoms. The van der Waals surface area contributed by atoms with E-state index in [1.54, 1.807) is 16.8 Å². The molecule has 0 saturated heterocycles. The average molecular weight is 383 g/mol. The van der Waals surface area contributed by atoms with E-state index in [-0.39, 0.29) is 17.9 Å². The molecule has 0 atom stereocenters. The Bertz CT molecular complexity index is 750. The van der Waals surface area contributed by atoms with E-state index in [1.165, 1.54) is 0 Å². The fraction of sp³-hybridized carbons (Fsp3) is 0.444. The molecule has 0 aliphatic heterocycles. The second-order valence-electron chi connectivity index (χ2n) is 6.90. The van der Waals surface area contributed by atoms with E-state index in [0.29, 0.717) is 15.9 Å². The van der Waals surface area contributed by atoms with Crippen LogP contribution < -0.4 is 10.6 Å². The van der Waals surface area contributed by atoms with E-state index in [0.717, 1.165) is 24.3 Å². The highest BCUT2D eigenvalue weighted by atomic mass is 35.5. The van der Waals surface area contributed by atoms with Crippen molar-refractivity contribution in [2.75, 3.05) is 18.4 Å². The van der Waals surface area contributed by atoms with Crippen LogP contribution in [0.5, 0.6) is 0 Å². The van der Waals surface area contributed by atoms with Crippen molar-refractivity contribution in [1.29, 1.82) is 0 Å². The standard InChI is InChI=1S/C18H24Cl2N4O/c1-5-8-21-11-17(25)22-16-10-15(18(2,3)4)23-24(16)12-6-7-13(19)14(20)9-12/h6-7,9-10,21H,5,8,11H2,1-4H3,(H,22,25). The molecule has 1 aromatic heterocycles. The van der Waals surface area contributed by atoms with Gasteiger partial charge in [-0.15, -0.1) is 0 Å². The Morgan fingerprint density at radius 1 is 1.20 bits per heavy atom. The van der Waals surface area contributed by atoms with Crippen LogP contribution in [0.15, 0.2) is 24.3 Å². The van der Waals surface area contributed by atoms with Crippen LogP contribution in [-0.2, 0) is 10.2 Å². The molecule has 1 amide bonds. The van der Waals surface area contributed by atoms with E-state index in [4.69, 9.17) is 23.2 Å². The predicted molar refractivity (Wildman–Crippen MR) is 104 cm³/mol. The molecule has 0 unspecified atom stereocenters. The third-order valence-electron chi connectivity index (χ3n) is 3.61. The van der Waals surface area contributed by atoms with Gasteiger partial charge in [-0.3, -0.25) is 4.79 Å². The summed E-state index contributed by atoms with van der Waals surface area (Å²) in [4.78, 5) is 12.2. The first-order valence-corrected chi connectivity index (χ1v) is 9.04. The molecule has 136 valence electrons. The molecular formula is C18H24Cl2N4O. The zero-order chi connectivity index (χ0) is 18.6. The SMILES string of the molecule is CCCNCC(=O)Nc1cc(C(C)(C)C)nn1-c1ccc(Cl)c(Cl)c1. The summed E-state index contributed by atoms with van der Waals surface area (Å²) in [5.41, 5.74) is 1.46. The number of hydrogen-bond acceptors (Lipinski definition) is 3. The summed E-state index contributed by atoms with van der Waals surface area (Å²) >= 11 is 12.1. The van der Waals surface area contributed by atoms with E-state index >= 15 is 0 Å². The number of hydrogen-bond donors (Lipinski definition) is 2.